The number of aryl methyl sites for hydroxylation is 1. The van der Waals surface area contributed by atoms with Crippen LogP contribution in [0.3, 0.4) is 0 Å². The average molecular weight is 281 g/mol. The zero-order valence-electron chi connectivity index (χ0n) is 11.4. The Kier molecular flexibility index (Phi) is 4.83. The molecule has 104 valence electrons. The summed E-state index contributed by atoms with van der Waals surface area (Å²) >= 11 is 5.99. The maximum atomic E-state index is 12.6. The van der Waals surface area contributed by atoms with Crippen molar-refractivity contribution in [1.82, 2.24) is 4.90 Å². The Labute approximate surface area is 119 Å². The molecule has 1 heterocycles. The van der Waals surface area contributed by atoms with E-state index in [0.717, 1.165) is 37.1 Å². The predicted molar refractivity (Wildman–Crippen MR) is 78.5 cm³/mol. The average Bonchev–Trinajstić information content (AvgIpc) is 2.41. The van der Waals surface area contributed by atoms with Gasteiger partial charge < -0.3 is 10.6 Å². The van der Waals surface area contributed by atoms with E-state index in [-0.39, 0.29) is 5.91 Å². The van der Waals surface area contributed by atoms with Gasteiger partial charge in [-0.15, -0.1) is 0 Å². The van der Waals surface area contributed by atoms with Crippen molar-refractivity contribution in [3.05, 3.63) is 34.3 Å². The van der Waals surface area contributed by atoms with Crippen molar-refractivity contribution in [2.75, 3.05) is 19.6 Å². The maximum Gasteiger partial charge on any atom is 0.254 e. The van der Waals surface area contributed by atoms with Crippen LogP contribution in [0.15, 0.2) is 18.2 Å². The summed E-state index contributed by atoms with van der Waals surface area (Å²) in [6.07, 6.45) is 3.24. The van der Waals surface area contributed by atoms with Crippen molar-refractivity contribution < 1.29 is 4.79 Å². The fourth-order valence-corrected chi connectivity index (χ4v) is 2.89. The van der Waals surface area contributed by atoms with E-state index in [9.17, 15) is 4.79 Å². The van der Waals surface area contributed by atoms with Gasteiger partial charge in [0.05, 0.1) is 0 Å². The molecule has 4 heteroatoms. The fraction of sp³-hybridized carbons (Fsp3) is 0.533. The minimum absolute atomic E-state index is 0.0988. The van der Waals surface area contributed by atoms with Crippen molar-refractivity contribution in [2.45, 2.75) is 26.2 Å². The van der Waals surface area contributed by atoms with Crippen LogP contribution in [0.5, 0.6) is 0 Å². The van der Waals surface area contributed by atoms with Crippen LogP contribution in [0, 0.1) is 12.8 Å². The smallest absolute Gasteiger partial charge is 0.254 e. The van der Waals surface area contributed by atoms with Crippen LogP contribution in [0.25, 0.3) is 0 Å². The summed E-state index contributed by atoms with van der Waals surface area (Å²) in [6.45, 7) is 4.31. The molecule has 1 fully saturated rings. The van der Waals surface area contributed by atoms with E-state index in [1.165, 1.54) is 6.42 Å². The van der Waals surface area contributed by atoms with Crippen molar-refractivity contribution >= 4 is 17.5 Å². The number of halogens is 1. The topological polar surface area (TPSA) is 46.3 Å². The highest BCUT2D eigenvalue weighted by atomic mass is 35.5. The van der Waals surface area contributed by atoms with Crippen LogP contribution in [0.1, 0.15) is 35.2 Å². The van der Waals surface area contributed by atoms with E-state index in [1.807, 2.05) is 24.0 Å². The largest absolute Gasteiger partial charge is 0.338 e. The van der Waals surface area contributed by atoms with E-state index < -0.39 is 0 Å². The molecule has 0 spiro atoms. The van der Waals surface area contributed by atoms with E-state index in [0.29, 0.717) is 17.5 Å². The third kappa shape index (κ3) is 3.48. The zero-order valence-corrected chi connectivity index (χ0v) is 12.1. The standard InChI is InChI=1S/C15H21ClN2O/c1-11-4-5-13(16)9-14(11)15(19)18-8-2-3-12(10-18)6-7-17/h4-5,9,12H,2-3,6-8,10,17H2,1H3. The summed E-state index contributed by atoms with van der Waals surface area (Å²) in [5.74, 6) is 0.643. The highest BCUT2D eigenvalue weighted by Crippen LogP contribution is 2.23. The molecule has 0 aromatic heterocycles. The number of likely N-dealkylation sites (tertiary alicyclic amines) is 1. The van der Waals surface area contributed by atoms with Gasteiger partial charge in [0.1, 0.15) is 0 Å². The number of rotatable bonds is 3. The monoisotopic (exact) mass is 280 g/mol. The lowest BCUT2D eigenvalue weighted by Gasteiger charge is -2.33. The van der Waals surface area contributed by atoms with Crippen molar-refractivity contribution in [3.63, 3.8) is 0 Å². The molecule has 0 aliphatic carbocycles. The summed E-state index contributed by atoms with van der Waals surface area (Å²) in [5.41, 5.74) is 7.32. The lowest BCUT2D eigenvalue weighted by Crippen LogP contribution is -2.40. The Morgan fingerprint density at radius 2 is 2.32 bits per heavy atom. The first-order valence-electron chi connectivity index (χ1n) is 6.87. The van der Waals surface area contributed by atoms with Gasteiger partial charge in [-0.2, -0.15) is 0 Å². The number of hydrogen-bond acceptors (Lipinski definition) is 2. The second kappa shape index (κ2) is 6.40. The normalized spacial score (nSPS) is 19.5. The minimum Gasteiger partial charge on any atom is -0.338 e. The van der Waals surface area contributed by atoms with Gasteiger partial charge in [0.15, 0.2) is 0 Å². The molecular formula is C15H21ClN2O. The molecule has 1 atom stereocenters. The van der Waals surface area contributed by atoms with Crippen molar-refractivity contribution in [3.8, 4) is 0 Å². The van der Waals surface area contributed by atoms with Gasteiger partial charge in [0.2, 0.25) is 0 Å². The van der Waals surface area contributed by atoms with Crippen LogP contribution < -0.4 is 5.73 Å². The number of hydrogen-bond donors (Lipinski definition) is 1. The lowest BCUT2D eigenvalue weighted by atomic mass is 9.94. The highest BCUT2D eigenvalue weighted by molar-refractivity contribution is 6.31. The number of nitrogens with two attached hydrogens (primary N) is 1. The van der Waals surface area contributed by atoms with Gasteiger partial charge >= 0.3 is 0 Å². The predicted octanol–water partition coefficient (Wildman–Crippen LogP) is 2.85. The van der Waals surface area contributed by atoms with E-state index in [1.54, 1.807) is 6.07 Å². The Bertz CT molecular complexity index is 459. The van der Waals surface area contributed by atoms with Gasteiger partial charge in [-0.3, -0.25) is 4.79 Å². The highest BCUT2D eigenvalue weighted by Gasteiger charge is 2.24. The first-order valence-corrected chi connectivity index (χ1v) is 7.25. The van der Waals surface area contributed by atoms with Crippen LogP contribution in [-0.2, 0) is 0 Å². The van der Waals surface area contributed by atoms with Gasteiger partial charge in [-0.05, 0) is 56.3 Å². The number of amides is 1. The molecule has 19 heavy (non-hydrogen) atoms. The number of piperidine rings is 1. The zero-order chi connectivity index (χ0) is 13.8. The molecule has 2 N–H and O–H groups in total. The Hall–Kier alpha value is -1.06. The summed E-state index contributed by atoms with van der Waals surface area (Å²) in [6, 6.07) is 5.49. The van der Waals surface area contributed by atoms with E-state index >= 15 is 0 Å². The molecule has 1 aromatic carbocycles. The van der Waals surface area contributed by atoms with Gasteiger partial charge in [-0.25, -0.2) is 0 Å². The second-order valence-electron chi connectivity index (χ2n) is 5.30. The van der Waals surface area contributed by atoms with Crippen molar-refractivity contribution in [2.24, 2.45) is 11.7 Å². The molecule has 1 aliphatic heterocycles. The van der Waals surface area contributed by atoms with Crippen molar-refractivity contribution in [1.29, 1.82) is 0 Å². The summed E-state index contributed by atoms with van der Waals surface area (Å²) in [4.78, 5) is 14.5. The molecule has 2 rings (SSSR count). The molecule has 1 amide bonds. The Morgan fingerprint density at radius 1 is 1.53 bits per heavy atom. The first-order chi connectivity index (χ1) is 9.11. The van der Waals surface area contributed by atoms with Crippen LogP contribution in [0.4, 0.5) is 0 Å². The molecule has 0 saturated carbocycles. The van der Waals surface area contributed by atoms with Crippen LogP contribution in [0.2, 0.25) is 5.02 Å². The van der Waals surface area contributed by atoms with Gasteiger partial charge in [-0.1, -0.05) is 17.7 Å². The number of benzene rings is 1. The third-order valence-electron chi connectivity index (χ3n) is 3.81. The minimum atomic E-state index is 0.0988. The molecule has 0 bridgehead atoms. The third-order valence-corrected chi connectivity index (χ3v) is 4.05. The van der Waals surface area contributed by atoms with Gasteiger partial charge in [0.25, 0.3) is 5.91 Å². The molecule has 1 unspecified atom stereocenters. The first kappa shape index (κ1) is 14.4. The summed E-state index contributed by atoms with van der Waals surface area (Å²) < 4.78 is 0. The lowest BCUT2D eigenvalue weighted by molar-refractivity contribution is 0.0669. The Morgan fingerprint density at radius 3 is 3.05 bits per heavy atom. The van der Waals surface area contributed by atoms with Crippen LogP contribution in [-0.4, -0.2) is 30.4 Å². The van der Waals surface area contributed by atoms with E-state index in [2.05, 4.69) is 0 Å². The fourth-order valence-electron chi connectivity index (χ4n) is 2.72. The quantitative estimate of drug-likeness (QED) is 0.925. The second-order valence-corrected chi connectivity index (χ2v) is 5.73. The molecule has 1 aromatic rings. The maximum absolute atomic E-state index is 12.6. The number of nitrogens with zero attached hydrogens (tertiary/aromatic N) is 1. The number of carbonyl (C=O) groups excluding carboxylic acids is 1. The number of carbonyl (C=O) groups is 1. The molecule has 0 radical (unpaired) electrons. The summed E-state index contributed by atoms with van der Waals surface area (Å²) in [5, 5.41) is 0.615. The van der Waals surface area contributed by atoms with Crippen LogP contribution >= 0.6 is 11.6 Å². The molecule has 1 saturated heterocycles. The Balaban J connectivity index is 2.12. The molecule has 3 nitrogen and oxygen atoms in total. The van der Waals surface area contributed by atoms with E-state index in [4.69, 9.17) is 17.3 Å². The summed E-state index contributed by atoms with van der Waals surface area (Å²) in [7, 11) is 0. The van der Waals surface area contributed by atoms with Gasteiger partial charge in [0, 0.05) is 23.7 Å². The molecule has 1 aliphatic rings. The SMILES string of the molecule is Cc1ccc(Cl)cc1C(=O)N1CCCC(CCN)C1. The molecular weight excluding hydrogens is 260 g/mol.